The molecule has 2 rings (SSSR count). The second kappa shape index (κ2) is 6.52. The van der Waals surface area contributed by atoms with Crippen LogP contribution in [0.1, 0.15) is 17.7 Å². The largest absolute Gasteiger partial charge is 0.481 e. The highest BCUT2D eigenvalue weighted by Crippen LogP contribution is 2.23. The topological polar surface area (TPSA) is 86.7 Å². The Morgan fingerprint density at radius 2 is 2.30 bits per heavy atom. The summed E-state index contributed by atoms with van der Waals surface area (Å²) in [5.74, 6) is -1.55. The van der Waals surface area contributed by atoms with Gasteiger partial charge in [0.25, 0.3) is 10.2 Å². The molecular formula is C11H15BrN2O4S2. The maximum atomic E-state index is 12.1. The molecule has 1 aliphatic heterocycles. The van der Waals surface area contributed by atoms with E-state index in [4.69, 9.17) is 5.11 Å². The average molecular weight is 383 g/mol. The van der Waals surface area contributed by atoms with Crippen molar-refractivity contribution in [3.8, 4) is 0 Å². The zero-order valence-corrected chi connectivity index (χ0v) is 13.8. The van der Waals surface area contributed by atoms with Crippen LogP contribution < -0.4 is 4.72 Å². The second-order valence-electron chi connectivity index (χ2n) is 4.57. The van der Waals surface area contributed by atoms with E-state index >= 15 is 0 Å². The van der Waals surface area contributed by atoms with Crippen LogP contribution in [0.5, 0.6) is 0 Å². The third kappa shape index (κ3) is 4.01. The van der Waals surface area contributed by atoms with Gasteiger partial charge in [0.15, 0.2) is 0 Å². The first-order chi connectivity index (χ1) is 9.38. The van der Waals surface area contributed by atoms with Gasteiger partial charge in [-0.2, -0.15) is 17.4 Å². The number of carboxylic acids is 1. The van der Waals surface area contributed by atoms with Crippen molar-refractivity contribution in [2.45, 2.75) is 19.4 Å². The van der Waals surface area contributed by atoms with Gasteiger partial charge in [-0.1, -0.05) is 0 Å². The number of piperidine rings is 1. The van der Waals surface area contributed by atoms with E-state index in [0.29, 0.717) is 19.4 Å². The number of hydrogen-bond acceptors (Lipinski definition) is 4. The monoisotopic (exact) mass is 382 g/mol. The SMILES string of the molecule is O=C(O)C1CCCN(S(=O)(=O)NCc2ccc(Br)s2)C1. The van der Waals surface area contributed by atoms with Gasteiger partial charge in [0.2, 0.25) is 0 Å². The van der Waals surface area contributed by atoms with Crippen LogP contribution in [0.4, 0.5) is 0 Å². The van der Waals surface area contributed by atoms with E-state index in [9.17, 15) is 13.2 Å². The lowest BCUT2D eigenvalue weighted by molar-refractivity contribution is -0.142. The molecule has 0 bridgehead atoms. The number of hydrogen-bond donors (Lipinski definition) is 2. The van der Waals surface area contributed by atoms with E-state index in [2.05, 4.69) is 20.7 Å². The molecule has 1 fully saturated rings. The van der Waals surface area contributed by atoms with Crippen molar-refractivity contribution in [3.05, 3.63) is 20.8 Å². The zero-order chi connectivity index (χ0) is 14.8. The van der Waals surface area contributed by atoms with Gasteiger partial charge < -0.3 is 5.11 Å². The summed E-state index contributed by atoms with van der Waals surface area (Å²) in [5, 5.41) is 8.99. The Labute approximate surface area is 130 Å². The molecule has 1 unspecified atom stereocenters. The molecule has 0 amide bonds. The van der Waals surface area contributed by atoms with E-state index in [0.717, 1.165) is 8.66 Å². The van der Waals surface area contributed by atoms with E-state index < -0.39 is 22.1 Å². The third-order valence-electron chi connectivity index (χ3n) is 3.13. The minimum absolute atomic E-state index is 0.0405. The smallest absolute Gasteiger partial charge is 0.307 e. The highest BCUT2D eigenvalue weighted by molar-refractivity contribution is 9.11. The molecule has 6 nitrogen and oxygen atoms in total. The standard InChI is InChI=1S/C11H15BrN2O4S2/c12-10-4-3-9(19-10)6-13-20(17,18)14-5-1-2-8(7-14)11(15)16/h3-4,8,13H,1-2,5-7H2,(H,15,16). The second-order valence-corrected chi connectivity index (χ2v) is 8.87. The molecule has 2 N–H and O–H groups in total. The minimum Gasteiger partial charge on any atom is -0.481 e. The Kier molecular flexibility index (Phi) is 5.19. The Bertz CT molecular complexity index is 587. The van der Waals surface area contributed by atoms with Gasteiger partial charge in [0.1, 0.15) is 0 Å². The van der Waals surface area contributed by atoms with Crippen LogP contribution >= 0.6 is 27.3 Å². The number of carbonyl (C=O) groups is 1. The third-order valence-corrected chi connectivity index (χ3v) is 6.28. The fraction of sp³-hybridized carbons (Fsp3) is 0.545. The molecule has 20 heavy (non-hydrogen) atoms. The van der Waals surface area contributed by atoms with Crippen molar-refractivity contribution in [3.63, 3.8) is 0 Å². The molecule has 0 saturated carbocycles. The van der Waals surface area contributed by atoms with Crippen LogP contribution in [0.25, 0.3) is 0 Å². The summed E-state index contributed by atoms with van der Waals surface area (Å²) in [6.45, 7) is 0.624. The summed E-state index contributed by atoms with van der Waals surface area (Å²) < 4.78 is 29.0. The molecule has 1 aromatic rings. The number of thiophene rings is 1. The van der Waals surface area contributed by atoms with E-state index in [-0.39, 0.29) is 13.1 Å². The fourth-order valence-corrected chi connectivity index (χ4v) is 4.84. The molecule has 1 atom stereocenters. The van der Waals surface area contributed by atoms with Gasteiger partial charge in [-0.05, 0) is 40.9 Å². The lowest BCUT2D eigenvalue weighted by Gasteiger charge is -2.29. The van der Waals surface area contributed by atoms with Gasteiger partial charge >= 0.3 is 5.97 Å². The summed E-state index contributed by atoms with van der Waals surface area (Å²) >= 11 is 4.78. The Morgan fingerprint density at radius 3 is 2.90 bits per heavy atom. The van der Waals surface area contributed by atoms with Crippen molar-refractivity contribution in [1.29, 1.82) is 0 Å². The molecule has 9 heteroatoms. The fourth-order valence-electron chi connectivity index (χ4n) is 2.06. The Morgan fingerprint density at radius 1 is 1.55 bits per heavy atom. The van der Waals surface area contributed by atoms with Crippen LogP contribution in [0.3, 0.4) is 0 Å². The van der Waals surface area contributed by atoms with E-state index in [1.165, 1.54) is 15.6 Å². The normalized spacial score (nSPS) is 20.9. The number of nitrogens with zero attached hydrogens (tertiary/aromatic N) is 1. The van der Waals surface area contributed by atoms with Crippen LogP contribution in [-0.2, 0) is 21.5 Å². The highest BCUT2D eigenvalue weighted by atomic mass is 79.9. The van der Waals surface area contributed by atoms with Crippen molar-refractivity contribution in [1.82, 2.24) is 9.03 Å². The summed E-state index contributed by atoms with van der Waals surface area (Å²) in [6, 6.07) is 3.70. The molecule has 1 aliphatic rings. The first-order valence-electron chi connectivity index (χ1n) is 6.10. The predicted octanol–water partition coefficient (Wildman–Crippen LogP) is 1.64. The molecule has 1 saturated heterocycles. The van der Waals surface area contributed by atoms with Gasteiger partial charge in [-0.25, -0.2) is 0 Å². The van der Waals surface area contributed by atoms with Crippen molar-refractivity contribution < 1.29 is 18.3 Å². The van der Waals surface area contributed by atoms with Gasteiger partial charge in [-0.3, -0.25) is 4.79 Å². The summed E-state index contributed by atoms with van der Waals surface area (Å²) in [5.41, 5.74) is 0. The highest BCUT2D eigenvalue weighted by Gasteiger charge is 2.31. The Balaban J connectivity index is 1.97. The lowest BCUT2D eigenvalue weighted by atomic mass is 10.0. The number of aliphatic carboxylic acids is 1. The molecule has 0 aliphatic carbocycles. The lowest BCUT2D eigenvalue weighted by Crippen LogP contribution is -2.47. The number of halogens is 1. The maximum Gasteiger partial charge on any atom is 0.307 e. The van der Waals surface area contributed by atoms with Crippen molar-refractivity contribution in [2.24, 2.45) is 5.92 Å². The first-order valence-corrected chi connectivity index (χ1v) is 9.15. The van der Waals surface area contributed by atoms with Crippen LogP contribution in [-0.4, -0.2) is 36.9 Å². The molecule has 1 aromatic heterocycles. The van der Waals surface area contributed by atoms with E-state index in [1.54, 1.807) is 0 Å². The first kappa shape index (κ1) is 15.9. The molecule has 0 spiro atoms. The number of rotatable bonds is 5. The van der Waals surface area contributed by atoms with Gasteiger partial charge in [0.05, 0.1) is 9.70 Å². The van der Waals surface area contributed by atoms with Crippen molar-refractivity contribution >= 4 is 43.4 Å². The molecule has 0 radical (unpaired) electrons. The maximum absolute atomic E-state index is 12.1. The molecule has 112 valence electrons. The Hall–Kier alpha value is -0.480. The quantitative estimate of drug-likeness (QED) is 0.810. The average Bonchev–Trinajstić information content (AvgIpc) is 2.82. The summed E-state index contributed by atoms with van der Waals surface area (Å²) in [4.78, 5) is 11.9. The molecule has 2 heterocycles. The number of carboxylic acid groups (broad SMARTS) is 1. The van der Waals surface area contributed by atoms with E-state index in [1.807, 2.05) is 12.1 Å². The number of nitrogens with one attached hydrogen (secondary N) is 1. The molecular weight excluding hydrogens is 368 g/mol. The summed E-state index contributed by atoms with van der Waals surface area (Å²) in [6.07, 6.45) is 1.10. The van der Waals surface area contributed by atoms with Crippen LogP contribution in [0.15, 0.2) is 15.9 Å². The minimum atomic E-state index is -3.63. The van der Waals surface area contributed by atoms with Gasteiger partial charge in [0, 0.05) is 24.5 Å². The van der Waals surface area contributed by atoms with Crippen LogP contribution in [0, 0.1) is 5.92 Å². The van der Waals surface area contributed by atoms with Gasteiger partial charge in [-0.15, -0.1) is 11.3 Å². The predicted molar refractivity (Wildman–Crippen MR) is 79.7 cm³/mol. The molecule has 0 aromatic carbocycles. The summed E-state index contributed by atoms with van der Waals surface area (Å²) in [7, 11) is -3.63. The van der Waals surface area contributed by atoms with Crippen molar-refractivity contribution in [2.75, 3.05) is 13.1 Å². The zero-order valence-electron chi connectivity index (χ0n) is 10.6. The van der Waals surface area contributed by atoms with Crippen LogP contribution in [0.2, 0.25) is 0 Å².